The van der Waals surface area contributed by atoms with Gasteiger partial charge in [-0.05, 0) is 51.8 Å². The van der Waals surface area contributed by atoms with Gasteiger partial charge in [-0.2, -0.15) is 0 Å². The summed E-state index contributed by atoms with van der Waals surface area (Å²) in [4.78, 5) is 21.8. The number of aryl methyl sites for hydroxylation is 1. The van der Waals surface area contributed by atoms with E-state index in [9.17, 15) is 25.1 Å². The molecule has 1 aromatic carbocycles. The Bertz CT molecular complexity index is 597. The van der Waals surface area contributed by atoms with Crippen LogP contribution in [0.3, 0.4) is 0 Å². The van der Waals surface area contributed by atoms with Crippen molar-refractivity contribution in [2.45, 2.75) is 51.9 Å². The van der Waals surface area contributed by atoms with Gasteiger partial charge in [-0.25, -0.2) is 4.79 Å². The molecule has 0 saturated carbocycles. The number of benzene rings is 1. The minimum Gasteiger partial charge on any atom is -0.444 e. The number of carbonyl (C=O) groups is 1. The lowest BCUT2D eigenvalue weighted by atomic mass is 9.99. The Morgan fingerprint density at radius 1 is 1.38 bits per heavy atom. The summed E-state index contributed by atoms with van der Waals surface area (Å²) in [7, 11) is 0. The van der Waals surface area contributed by atoms with Crippen molar-refractivity contribution >= 4 is 11.8 Å². The number of nitro benzene ring substituents is 1. The van der Waals surface area contributed by atoms with E-state index in [0.717, 1.165) is 0 Å². The van der Waals surface area contributed by atoms with Gasteiger partial charge in [0.25, 0.3) is 5.69 Å². The first-order chi connectivity index (χ1) is 11.0. The summed E-state index contributed by atoms with van der Waals surface area (Å²) in [6.45, 7) is 6.90. The first kappa shape index (κ1) is 19.9. The van der Waals surface area contributed by atoms with Gasteiger partial charge in [-0.3, -0.25) is 10.1 Å². The molecule has 24 heavy (non-hydrogen) atoms. The van der Waals surface area contributed by atoms with E-state index in [0.29, 0.717) is 11.1 Å². The Labute approximate surface area is 140 Å². The third-order valence-corrected chi connectivity index (χ3v) is 3.23. The average Bonchev–Trinajstić information content (AvgIpc) is 2.43. The number of amides is 1. The number of aliphatic hydroxyl groups excluding tert-OH is 2. The molecule has 0 aromatic heterocycles. The maximum Gasteiger partial charge on any atom is 0.407 e. The smallest absolute Gasteiger partial charge is 0.407 e. The summed E-state index contributed by atoms with van der Waals surface area (Å²) in [6, 6.07) is 4.16. The Hall–Kier alpha value is -2.19. The highest BCUT2D eigenvalue weighted by atomic mass is 16.6. The molecule has 0 spiro atoms. The van der Waals surface area contributed by atoms with E-state index in [-0.39, 0.29) is 18.7 Å². The summed E-state index contributed by atoms with van der Waals surface area (Å²) in [5.74, 6) is 0. The Morgan fingerprint density at radius 2 is 2.00 bits per heavy atom. The number of nitro groups is 1. The zero-order valence-electron chi connectivity index (χ0n) is 14.3. The summed E-state index contributed by atoms with van der Waals surface area (Å²) < 4.78 is 5.06. The molecule has 0 bridgehead atoms. The number of ether oxygens (including phenoxy) is 1. The van der Waals surface area contributed by atoms with Crippen molar-refractivity contribution in [1.29, 1.82) is 0 Å². The predicted octanol–water partition coefficient (Wildman–Crippen LogP) is 2.21. The van der Waals surface area contributed by atoms with E-state index in [1.165, 1.54) is 18.2 Å². The number of hydrogen-bond acceptors (Lipinski definition) is 6. The molecule has 8 heteroatoms. The summed E-state index contributed by atoms with van der Waals surface area (Å²) in [5.41, 5.74) is 0.115. The fourth-order valence-electron chi connectivity index (χ4n) is 2.08. The van der Waals surface area contributed by atoms with Crippen molar-refractivity contribution in [3.05, 3.63) is 39.4 Å². The van der Waals surface area contributed by atoms with E-state index in [1.807, 2.05) is 0 Å². The molecule has 2 atom stereocenters. The fraction of sp³-hybridized carbons (Fsp3) is 0.562. The van der Waals surface area contributed by atoms with Crippen LogP contribution in [0, 0.1) is 17.0 Å². The van der Waals surface area contributed by atoms with Gasteiger partial charge in [-0.15, -0.1) is 0 Å². The first-order valence-corrected chi connectivity index (χ1v) is 7.59. The lowest BCUT2D eigenvalue weighted by Gasteiger charge is -2.21. The monoisotopic (exact) mass is 340 g/mol. The van der Waals surface area contributed by atoms with Crippen LogP contribution in [0.15, 0.2) is 18.2 Å². The highest BCUT2D eigenvalue weighted by Gasteiger charge is 2.21. The molecule has 0 heterocycles. The van der Waals surface area contributed by atoms with E-state index in [4.69, 9.17) is 4.74 Å². The van der Waals surface area contributed by atoms with Gasteiger partial charge in [0.15, 0.2) is 0 Å². The van der Waals surface area contributed by atoms with Crippen LogP contribution < -0.4 is 5.32 Å². The lowest BCUT2D eigenvalue weighted by Crippen LogP contribution is -2.34. The van der Waals surface area contributed by atoms with Gasteiger partial charge in [0.2, 0.25) is 0 Å². The topological polar surface area (TPSA) is 122 Å². The van der Waals surface area contributed by atoms with Crippen LogP contribution in [-0.2, 0) is 4.74 Å². The number of nitrogens with one attached hydrogen (secondary N) is 1. The van der Waals surface area contributed by atoms with Crippen molar-refractivity contribution in [2.24, 2.45) is 0 Å². The fourth-order valence-corrected chi connectivity index (χ4v) is 2.08. The van der Waals surface area contributed by atoms with Crippen LogP contribution in [0.1, 0.15) is 44.4 Å². The van der Waals surface area contributed by atoms with Crippen LogP contribution in [-0.4, -0.2) is 39.5 Å². The molecule has 3 N–H and O–H groups in total. The SMILES string of the molecule is Cc1cc(C(O)C(O)CCNC(=O)OC(C)(C)C)ccc1[N+](=O)[O-]. The van der Waals surface area contributed by atoms with Crippen LogP contribution in [0.25, 0.3) is 0 Å². The van der Waals surface area contributed by atoms with Crippen LogP contribution in [0.5, 0.6) is 0 Å². The molecular weight excluding hydrogens is 316 g/mol. The van der Waals surface area contributed by atoms with Crippen LogP contribution in [0.4, 0.5) is 10.5 Å². The zero-order valence-corrected chi connectivity index (χ0v) is 14.3. The molecule has 1 aromatic rings. The van der Waals surface area contributed by atoms with Crippen molar-refractivity contribution in [1.82, 2.24) is 5.32 Å². The van der Waals surface area contributed by atoms with E-state index >= 15 is 0 Å². The Balaban J connectivity index is 2.56. The second-order valence-electron chi connectivity index (χ2n) is 6.53. The highest BCUT2D eigenvalue weighted by Crippen LogP contribution is 2.25. The summed E-state index contributed by atoms with van der Waals surface area (Å²) >= 11 is 0. The summed E-state index contributed by atoms with van der Waals surface area (Å²) in [5, 5.41) is 33.4. The molecule has 1 amide bonds. The number of nitrogens with zero attached hydrogens (tertiary/aromatic N) is 1. The maximum absolute atomic E-state index is 11.5. The number of rotatable bonds is 6. The molecule has 2 unspecified atom stereocenters. The van der Waals surface area contributed by atoms with Crippen molar-refractivity contribution in [3.8, 4) is 0 Å². The number of alkyl carbamates (subject to hydrolysis) is 1. The quantitative estimate of drug-likeness (QED) is 0.539. The zero-order chi connectivity index (χ0) is 18.5. The molecule has 0 radical (unpaired) electrons. The van der Waals surface area contributed by atoms with Gasteiger partial charge in [0, 0.05) is 18.2 Å². The highest BCUT2D eigenvalue weighted by molar-refractivity contribution is 5.67. The number of aliphatic hydroxyl groups is 2. The average molecular weight is 340 g/mol. The number of hydrogen-bond donors (Lipinski definition) is 3. The second-order valence-corrected chi connectivity index (χ2v) is 6.53. The van der Waals surface area contributed by atoms with Gasteiger partial charge in [0.05, 0.1) is 11.0 Å². The molecule has 0 aliphatic rings. The summed E-state index contributed by atoms with van der Waals surface area (Å²) in [6.07, 6.45) is -2.82. The largest absolute Gasteiger partial charge is 0.444 e. The normalized spacial score (nSPS) is 13.9. The predicted molar refractivity (Wildman–Crippen MR) is 87.7 cm³/mol. The molecule has 0 saturated heterocycles. The van der Waals surface area contributed by atoms with Gasteiger partial charge in [0.1, 0.15) is 11.7 Å². The van der Waals surface area contributed by atoms with Crippen LogP contribution >= 0.6 is 0 Å². The van der Waals surface area contributed by atoms with E-state index in [2.05, 4.69) is 5.32 Å². The molecular formula is C16H24N2O6. The molecule has 0 aliphatic carbocycles. The van der Waals surface area contributed by atoms with Gasteiger partial charge in [-0.1, -0.05) is 0 Å². The van der Waals surface area contributed by atoms with Crippen LogP contribution in [0.2, 0.25) is 0 Å². The van der Waals surface area contributed by atoms with E-state index in [1.54, 1.807) is 27.7 Å². The third-order valence-electron chi connectivity index (χ3n) is 3.23. The van der Waals surface area contributed by atoms with Gasteiger partial charge < -0.3 is 20.3 Å². The number of carbonyl (C=O) groups excluding carboxylic acids is 1. The van der Waals surface area contributed by atoms with Crippen molar-refractivity contribution in [2.75, 3.05) is 6.54 Å². The molecule has 0 fully saturated rings. The standard InChI is InChI=1S/C16H24N2O6/c1-10-9-11(5-6-12(10)18(22)23)14(20)13(19)7-8-17-15(21)24-16(2,3)4/h5-6,9,13-14,19-20H,7-8H2,1-4H3,(H,17,21). The molecule has 134 valence electrons. The van der Waals surface area contributed by atoms with Gasteiger partial charge >= 0.3 is 6.09 Å². The third kappa shape index (κ3) is 6.13. The molecule has 8 nitrogen and oxygen atoms in total. The molecule has 1 rings (SSSR count). The minimum atomic E-state index is -1.20. The minimum absolute atomic E-state index is 0.0490. The lowest BCUT2D eigenvalue weighted by molar-refractivity contribution is -0.385. The maximum atomic E-state index is 11.5. The van der Waals surface area contributed by atoms with Crippen molar-refractivity contribution in [3.63, 3.8) is 0 Å². The second kappa shape index (κ2) is 8.07. The Morgan fingerprint density at radius 3 is 2.50 bits per heavy atom. The van der Waals surface area contributed by atoms with Crippen molar-refractivity contribution < 1.29 is 24.7 Å². The first-order valence-electron chi connectivity index (χ1n) is 7.59. The van der Waals surface area contributed by atoms with E-state index < -0.39 is 28.8 Å². The Kier molecular flexibility index (Phi) is 6.68. The molecule has 0 aliphatic heterocycles.